The third kappa shape index (κ3) is 2.73. The second kappa shape index (κ2) is 4.99. The monoisotopic (exact) mass is 221 g/mol. The molecule has 1 aromatic rings. The summed E-state index contributed by atoms with van der Waals surface area (Å²) in [5.74, 6) is 0.610. The zero-order chi connectivity index (χ0) is 11.4. The highest BCUT2D eigenvalue weighted by Gasteiger charge is 2.22. The fraction of sp³-hybridized carbons (Fsp3) is 0.417. The van der Waals surface area contributed by atoms with Crippen LogP contribution in [0.2, 0.25) is 0 Å². The Kier molecular flexibility index (Phi) is 3.41. The summed E-state index contributed by atoms with van der Waals surface area (Å²) in [6, 6.07) is 9.20. The Morgan fingerprint density at radius 1 is 1.25 bits per heavy atom. The van der Waals surface area contributed by atoms with Crippen molar-refractivity contribution in [3.8, 4) is 5.75 Å². The van der Waals surface area contributed by atoms with E-state index < -0.39 is 0 Å². The lowest BCUT2D eigenvalue weighted by molar-refractivity contribution is -0.883. The average molecular weight is 221 g/mol. The van der Waals surface area contributed by atoms with Gasteiger partial charge in [0.1, 0.15) is 5.75 Å². The highest BCUT2D eigenvalue weighted by atomic mass is 16.6. The Labute approximate surface area is 95.4 Å². The molecule has 0 saturated carbocycles. The van der Waals surface area contributed by atoms with Crippen LogP contribution in [0.3, 0.4) is 0 Å². The summed E-state index contributed by atoms with van der Waals surface area (Å²) in [4.78, 5) is 15.0. The number of carbonyl (C=O) groups excluding carboxylic acids is 1. The highest BCUT2D eigenvalue weighted by molar-refractivity contribution is 5.70. The molecule has 4 nitrogen and oxygen atoms in total. The number of ether oxygens (including phenoxy) is 1. The van der Waals surface area contributed by atoms with Gasteiger partial charge < -0.3 is 9.64 Å². The molecule has 1 aliphatic heterocycles. The largest absolute Gasteiger partial charge is 0.415 e. The predicted octanol–water partition coefficient (Wildman–Crippen LogP) is 0.0157. The lowest BCUT2D eigenvalue weighted by atomic mass is 10.3. The first-order chi connectivity index (χ1) is 7.75. The van der Waals surface area contributed by atoms with Crippen LogP contribution in [0.4, 0.5) is 4.79 Å². The van der Waals surface area contributed by atoms with Crippen LogP contribution in [0.25, 0.3) is 0 Å². The van der Waals surface area contributed by atoms with E-state index in [-0.39, 0.29) is 6.09 Å². The van der Waals surface area contributed by atoms with Crippen molar-refractivity contribution in [3.63, 3.8) is 0 Å². The van der Waals surface area contributed by atoms with Gasteiger partial charge in [-0.25, -0.2) is 4.79 Å². The molecule has 0 atom stereocenters. The topological polar surface area (TPSA) is 34.0 Å². The van der Waals surface area contributed by atoms with Gasteiger partial charge in [-0.1, -0.05) is 18.2 Å². The summed E-state index contributed by atoms with van der Waals surface area (Å²) in [6.07, 6.45) is -0.237. The van der Waals surface area contributed by atoms with Crippen molar-refractivity contribution >= 4 is 6.09 Å². The summed E-state index contributed by atoms with van der Waals surface area (Å²) in [6.45, 7) is 3.53. The van der Waals surface area contributed by atoms with Crippen molar-refractivity contribution in [1.29, 1.82) is 0 Å². The van der Waals surface area contributed by atoms with Gasteiger partial charge in [-0.2, -0.15) is 0 Å². The maximum atomic E-state index is 11.8. The van der Waals surface area contributed by atoms with Gasteiger partial charge in [0, 0.05) is 0 Å². The molecule has 1 N–H and O–H groups in total. The molecule has 2 rings (SSSR count). The van der Waals surface area contributed by atoms with Gasteiger partial charge in [0.05, 0.1) is 33.2 Å². The second-order valence-corrected chi connectivity index (χ2v) is 4.13. The Bertz CT molecular complexity index is 345. The number of likely N-dealkylation sites (N-methyl/N-ethyl adjacent to an activating group) is 1. The van der Waals surface area contributed by atoms with Crippen LogP contribution in [0.15, 0.2) is 30.3 Å². The van der Waals surface area contributed by atoms with Gasteiger partial charge >= 0.3 is 6.09 Å². The van der Waals surface area contributed by atoms with Crippen molar-refractivity contribution < 1.29 is 14.4 Å². The quantitative estimate of drug-likeness (QED) is 0.725. The Hall–Kier alpha value is -1.55. The molecular formula is C12H17N2O2+. The van der Waals surface area contributed by atoms with Crippen LogP contribution in [0.5, 0.6) is 5.75 Å². The first kappa shape index (κ1) is 11.0. The van der Waals surface area contributed by atoms with E-state index in [0.29, 0.717) is 5.75 Å². The first-order valence-electron chi connectivity index (χ1n) is 5.59. The first-order valence-corrected chi connectivity index (χ1v) is 5.59. The molecule has 0 unspecified atom stereocenters. The third-order valence-electron chi connectivity index (χ3n) is 2.82. The lowest BCUT2D eigenvalue weighted by Gasteiger charge is -2.29. The predicted molar refractivity (Wildman–Crippen MR) is 60.7 cm³/mol. The number of para-hydroxylation sites is 1. The van der Waals surface area contributed by atoms with E-state index in [2.05, 4.69) is 7.05 Å². The number of amides is 1. The minimum Gasteiger partial charge on any atom is -0.410 e. The van der Waals surface area contributed by atoms with E-state index in [1.54, 1.807) is 17.0 Å². The minimum absolute atomic E-state index is 0.237. The Morgan fingerprint density at radius 3 is 2.50 bits per heavy atom. The van der Waals surface area contributed by atoms with Crippen molar-refractivity contribution in [2.45, 2.75) is 0 Å². The number of quaternary nitrogens is 1. The molecule has 1 aliphatic rings. The SMILES string of the molecule is C[NH+]1CCN(C(=O)Oc2ccccc2)CC1. The number of benzene rings is 1. The van der Waals surface area contributed by atoms with Gasteiger partial charge in [0.2, 0.25) is 0 Å². The molecule has 1 fully saturated rings. The van der Waals surface area contributed by atoms with Crippen molar-refractivity contribution in [2.75, 3.05) is 33.2 Å². The van der Waals surface area contributed by atoms with E-state index in [1.807, 2.05) is 18.2 Å². The van der Waals surface area contributed by atoms with Crippen LogP contribution in [0, 0.1) is 0 Å². The van der Waals surface area contributed by atoms with E-state index in [4.69, 9.17) is 4.74 Å². The maximum Gasteiger partial charge on any atom is 0.415 e. The van der Waals surface area contributed by atoms with E-state index in [9.17, 15) is 4.79 Å². The molecule has 0 bridgehead atoms. The van der Waals surface area contributed by atoms with Crippen molar-refractivity contribution in [3.05, 3.63) is 30.3 Å². The van der Waals surface area contributed by atoms with Gasteiger partial charge in [0.25, 0.3) is 0 Å². The smallest absolute Gasteiger partial charge is 0.410 e. The number of hydrogen-bond donors (Lipinski definition) is 1. The number of hydrogen-bond acceptors (Lipinski definition) is 2. The molecule has 16 heavy (non-hydrogen) atoms. The second-order valence-electron chi connectivity index (χ2n) is 4.13. The Morgan fingerprint density at radius 2 is 1.88 bits per heavy atom. The summed E-state index contributed by atoms with van der Waals surface area (Å²) in [5, 5.41) is 0. The molecule has 0 radical (unpaired) electrons. The number of nitrogens with zero attached hydrogens (tertiary/aromatic N) is 1. The number of rotatable bonds is 1. The highest BCUT2D eigenvalue weighted by Crippen LogP contribution is 2.10. The third-order valence-corrected chi connectivity index (χ3v) is 2.82. The zero-order valence-electron chi connectivity index (χ0n) is 9.48. The van der Waals surface area contributed by atoms with Crippen molar-refractivity contribution in [2.24, 2.45) is 0 Å². The molecule has 0 aromatic heterocycles. The van der Waals surface area contributed by atoms with Gasteiger partial charge in [-0.3, -0.25) is 4.90 Å². The maximum absolute atomic E-state index is 11.8. The fourth-order valence-corrected chi connectivity index (χ4v) is 1.72. The van der Waals surface area contributed by atoms with E-state index in [0.717, 1.165) is 26.2 Å². The fourth-order valence-electron chi connectivity index (χ4n) is 1.72. The van der Waals surface area contributed by atoms with Gasteiger partial charge in [-0.05, 0) is 12.1 Å². The van der Waals surface area contributed by atoms with Gasteiger partial charge in [0.15, 0.2) is 0 Å². The minimum atomic E-state index is -0.237. The normalized spacial score (nSPS) is 17.2. The summed E-state index contributed by atoms with van der Waals surface area (Å²) in [7, 11) is 2.14. The summed E-state index contributed by atoms with van der Waals surface area (Å²) < 4.78 is 5.27. The van der Waals surface area contributed by atoms with Gasteiger partial charge in [-0.15, -0.1) is 0 Å². The molecule has 0 spiro atoms. The van der Waals surface area contributed by atoms with E-state index >= 15 is 0 Å². The Balaban J connectivity index is 1.89. The standard InChI is InChI=1S/C12H16N2O2/c1-13-7-9-14(10-8-13)12(15)16-11-5-3-2-4-6-11/h2-6H,7-10H2,1H3/p+1. The number of piperazine rings is 1. The van der Waals surface area contributed by atoms with Crippen LogP contribution < -0.4 is 9.64 Å². The molecule has 1 amide bonds. The van der Waals surface area contributed by atoms with Crippen LogP contribution in [-0.2, 0) is 0 Å². The lowest BCUT2D eigenvalue weighted by Crippen LogP contribution is -3.12. The molecular weight excluding hydrogens is 204 g/mol. The average Bonchev–Trinajstić information content (AvgIpc) is 2.31. The molecule has 0 aliphatic carbocycles. The number of carbonyl (C=O) groups is 1. The zero-order valence-corrected chi connectivity index (χ0v) is 9.48. The number of nitrogens with one attached hydrogen (secondary N) is 1. The van der Waals surface area contributed by atoms with Crippen LogP contribution >= 0.6 is 0 Å². The van der Waals surface area contributed by atoms with Crippen LogP contribution in [-0.4, -0.2) is 44.2 Å². The summed E-state index contributed by atoms with van der Waals surface area (Å²) >= 11 is 0. The molecule has 86 valence electrons. The summed E-state index contributed by atoms with van der Waals surface area (Å²) in [5.41, 5.74) is 0. The van der Waals surface area contributed by atoms with Crippen molar-refractivity contribution in [1.82, 2.24) is 4.90 Å². The van der Waals surface area contributed by atoms with E-state index in [1.165, 1.54) is 4.90 Å². The molecule has 4 heteroatoms. The molecule has 1 heterocycles. The van der Waals surface area contributed by atoms with Crippen LogP contribution in [0.1, 0.15) is 0 Å². The molecule has 1 saturated heterocycles. The molecule has 1 aromatic carbocycles.